The first kappa shape index (κ1) is 20.4. The van der Waals surface area contributed by atoms with E-state index >= 15 is 0 Å². The van der Waals surface area contributed by atoms with Crippen molar-refractivity contribution in [2.24, 2.45) is 0 Å². The van der Waals surface area contributed by atoms with E-state index in [2.05, 4.69) is 0 Å². The van der Waals surface area contributed by atoms with Crippen molar-refractivity contribution >= 4 is 23.5 Å². The van der Waals surface area contributed by atoms with Crippen LogP contribution < -0.4 is 10.2 Å². The predicted molar refractivity (Wildman–Crippen MR) is 97.5 cm³/mol. The molecule has 0 saturated carbocycles. The van der Waals surface area contributed by atoms with E-state index in [1.807, 2.05) is 0 Å². The molecule has 0 unspecified atom stereocenters. The number of carbonyl (C=O) groups excluding carboxylic acids is 2. The van der Waals surface area contributed by atoms with E-state index in [1.54, 1.807) is 54.6 Å². The summed E-state index contributed by atoms with van der Waals surface area (Å²) in [5, 5.41) is 10.8. The van der Waals surface area contributed by atoms with Crippen LogP contribution in [0.5, 0.6) is 0 Å². The van der Waals surface area contributed by atoms with Crippen molar-refractivity contribution in [3.05, 3.63) is 65.7 Å². The fourth-order valence-electron chi connectivity index (χ4n) is 3.37. The van der Waals surface area contributed by atoms with Crippen molar-refractivity contribution < 1.29 is 32.7 Å². The van der Waals surface area contributed by atoms with Gasteiger partial charge in [0.2, 0.25) is 0 Å². The summed E-state index contributed by atoms with van der Waals surface area (Å²) in [7, 11) is 0. The highest BCUT2D eigenvalue weighted by molar-refractivity contribution is 6.07. The Morgan fingerprint density at radius 1 is 1.07 bits per heavy atom. The zero-order valence-corrected chi connectivity index (χ0v) is 15.0. The van der Waals surface area contributed by atoms with Gasteiger partial charge in [0.25, 0.3) is 5.91 Å². The average Bonchev–Trinajstić information content (AvgIpc) is 3.05. The van der Waals surface area contributed by atoms with E-state index < -0.39 is 30.0 Å². The highest BCUT2D eigenvalue weighted by Crippen LogP contribution is 2.39. The molecule has 152 valence electrons. The average molecular weight is 406 g/mol. The number of hydrogen-bond donors (Lipinski definition) is 2. The van der Waals surface area contributed by atoms with Crippen molar-refractivity contribution in [1.82, 2.24) is 5.32 Å². The first-order chi connectivity index (χ1) is 13.7. The van der Waals surface area contributed by atoms with Gasteiger partial charge in [0, 0.05) is 23.7 Å². The quantitative estimate of drug-likeness (QED) is 0.800. The van der Waals surface area contributed by atoms with Crippen LogP contribution in [0.15, 0.2) is 54.6 Å². The Hall–Kier alpha value is -3.36. The molecule has 1 aliphatic heterocycles. The predicted octanol–water partition coefficient (Wildman–Crippen LogP) is 2.95. The van der Waals surface area contributed by atoms with Crippen LogP contribution in [-0.4, -0.2) is 41.7 Å². The fourth-order valence-corrected chi connectivity index (χ4v) is 3.37. The lowest BCUT2D eigenvalue weighted by Gasteiger charge is -2.21. The van der Waals surface area contributed by atoms with Crippen molar-refractivity contribution in [2.75, 3.05) is 11.4 Å². The minimum Gasteiger partial charge on any atom is -0.480 e. The molecule has 2 atom stereocenters. The number of fused-ring (bicyclic) bond motifs is 1. The van der Waals surface area contributed by atoms with Crippen molar-refractivity contribution in [3.8, 4) is 0 Å². The number of carbonyl (C=O) groups is 3. The maximum Gasteiger partial charge on any atom is 0.471 e. The Labute approximate surface area is 163 Å². The van der Waals surface area contributed by atoms with Crippen LogP contribution in [-0.2, 0) is 9.59 Å². The lowest BCUT2D eigenvalue weighted by molar-refractivity contribution is -0.175. The molecule has 0 aromatic heterocycles. The maximum absolute atomic E-state index is 12.9. The molecule has 9 heteroatoms. The first-order valence-corrected chi connectivity index (χ1v) is 8.75. The van der Waals surface area contributed by atoms with E-state index in [0.717, 1.165) is 0 Å². The lowest BCUT2D eigenvalue weighted by Crippen LogP contribution is -2.47. The summed E-state index contributed by atoms with van der Waals surface area (Å²) in [6.45, 7) is 0.0960. The Morgan fingerprint density at radius 2 is 1.69 bits per heavy atom. The molecular weight excluding hydrogens is 389 g/mol. The van der Waals surface area contributed by atoms with Gasteiger partial charge in [-0.15, -0.1) is 0 Å². The number of benzene rings is 2. The molecule has 0 fully saturated rings. The Balaban J connectivity index is 1.84. The second-order valence-corrected chi connectivity index (χ2v) is 6.64. The van der Waals surface area contributed by atoms with Crippen LogP contribution in [0.2, 0.25) is 0 Å². The molecule has 0 saturated heterocycles. The van der Waals surface area contributed by atoms with Crippen LogP contribution >= 0.6 is 0 Å². The number of carboxylic acids is 1. The Kier molecular flexibility index (Phi) is 5.58. The van der Waals surface area contributed by atoms with Crippen LogP contribution in [0.1, 0.15) is 28.3 Å². The van der Waals surface area contributed by atoms with Gasteiger partial charge in [0.1, 0.15) is 6.04 Å². The molecule has 0 aliphatic carbocycles. The van der Waals surface area contributed by atoms with Gasteiger partial charge in [-0.3, -0.25) is 9.59 Å². The number of halogens is 3. The third-order valence-corrected chi connectivity index (χ3v) is 4.72. The zero-order valence-electron chi connectivity index (χ0n) is 15.0. The molecule has 0 bridgehead atoms. The number of anilines is 1. The van der Waals surface area contributed by atoms with Crippen molar-refractivity contribution in [1.29, 1.82) is 0 Å². The van der Waals surface area contributed by atoms with Crippen LogP contribution in [0.4, 0.5) is 18.9 Å². The second kappa shape index (κ2) is 7.94. The molecule has 2 N–H and O–H groups in total. The third kappa shape index (κ3) is 4.39. The van der Waals surface area contributed by atoms with Gasteiger partial charge in [0.05, 0.1) is 0 Å². The normalized spacial score (nSPS) is 16.8. The first-order valence-electron chi connectivity index (χ1n) is 8.75. The minimum absolute atomic E-state index is 0.0960. The number of amides is 2. The lowest BCUT2D eigenvalue weighted by atomic mass is 9.94. The Bertz CT molecular complexity index is 931. The summed E-state index contributed by atoms with van der Waals surface area (Å²) >= 11 is 0. The van der Waals surface area contributed by atoms with E-state index in [9.17, 15) is 32.7 Å². The largest absolute Gasteiger partial charge is 0.480 e. The summed E-state index contributed by atoms with van der Waals surface area (Å²) < 4.78 is 37.6. The molecule has 2 aromatic rings. The van der Waals surface area contributed by atoms with E-state index in [0.29, 0.717) is 16.8 Å². The minimum atomic E-state index is -5.18. The van der Waals surface area contributed by atoms with E-state index in [-0.39, 0.29) is 18.9 Å². The molecular formula is C20H17F3N2O4. The summed E-state index contributed by atoms with van der Waals surface area (Å²) in [5.74, 6) is -4.73. The zero-order chi connectivity index (χ0) is 21.2. The third-order valence-electron chi connectivity index (χ3n) is 4.72. The SMILES string of the molecule is O=C(O)[C@H](C[C@H]1CN(C(=O)c2ccccc2)c2ccccc21)NC(=O)C(F)(F)F. The molecule has 1 aliphatic rings. The number of nitrogens with one attached hydrogen (secondary N) is 1. The number of aliphatic carboxylic acids is 1. The molecule has 29 heavy (non-hydrogen) atoms. The number of alkyl halides is 3. The van der Waals surface area contributed by atoms with Crippen LogP contribution in [0.25, 0.3) is 0 Å². The van der Waals surface area contributed by atoms with Gasteiger partial charge in [0.15, 0.2) is 0 Å². The maximum atomic E-state index is 12.9. The van der Waals surface area contributed by atoms with Gasteiger partial charge in [-0.1, -0.05) is 36.4 Å². The Morgan fingerprint density at radius 3 is 2.31 bits per heavy atom. The standard InChI is InChI=1S/C20H17F3N2O4/c21-20(22,23)19(29)24-15(18(27)28)10-13-11-25(16-9-5-4-8-14(13)16)17(26)12-6-2-1-3-7-12/h1-9,13,15H,10-11H2,(H,24,29)(H,27,28)/t13-,15-/m0/s1. The molecule has 2 aromatic carbocycles. The number of carboxylic acid groups (broad SMARTS) is 1. The number of para-hydroxylation sites is 1. The summed E-state index contributed by atoms with van der Waals surface area (Å²) in [6, 6.07) is 13.5. The van der Waals surface area contributed by atoms with Crippen LogP contribution in [0, 0.1) is 0 Å². The number of rotatable bonds is 5. The van der Waals surface area contributed by atoms with Crippen LogP contribution in [0.3, 0.4) is 0 Å². The second-order valence-electron chi connectivity index (χ2n) is 6.64. The molecule has 6 nitrogen and oxygen atoms in total. The number of nitrogens with zero attached hydrogens (tertiary/aromatic N) is 1. The van der Waals surface area contributed by atoms with Gasteiger partial charge in [-0.05, 0) is 30.2 Å². The summed E-state index contributed by atoms with van der Waals surface area (Å²) in [4.78, 5) is 37.0. The monoisotopic (exact) mass is 406 g/mol. The molecule has 2 amide bonds. The molecule has 3 rings (SSSR count). The smallest absolute Gasteiger partial charge is 0.471 e. The molecule has 0 spiro atoms. The van der Waals surface area contributed by atoms with E-state index in [1.165, 1.54) is 10.2 Å². The summed E-state index contributed by atoms with van der Waals surface area (Å²) in [6.07, 6.45) is -5.47. The fraction of sp³-hybridized carbons (Fsp3) is 0.250. The van der Waals surface area contributed by atoms with Crippen molar-refractivity contribution in [3.63, 3.8) is 0 Å². The van der Waals surface area contributed by atoms with Crippen molar-refractivity contribution in [2.45, 2.75) is 24.6 Å². The van der Waals surface area contributed by atoms with Gasteiger partial charge >= 0.3 is 18.1 Å². The topological polar surface area (TPSA) is 86.7 Å². The molecule has 0 radical (unpaired) electrons. The van der Waals surface area contributed by atoms with Gasteiger partial charge in [-0.2, -0.15) is 13.2 Å². The molecule has 1 heterocycles. The van der Waals surface area contributed by atoms with Gasteiger partial charge < -0.3 is 15.3 Å². The van der Waals surface area contributed by atoms with Gasteiger partial charge in [-0.25, -0.2) is 4.79 Å². The highest BCUT2D eigenvalue weighted by atomic mass is 19.4. The number of hydrogen-bond acceptors (Lipinski definition) is 3. The van der Waals surface area contributed by atoms with E-state index in [4.69, 9.17) is 0 Å². The highest BCUT2D eigenvalue weighted by Gasteiger charge is 2.42. The summed E-state index contributed by atoms with van der Waals surface area (Å²) in [5.41, 5.74) is 1.64.